The van der Waals surface area contributed by atoms with E-state index in [9.17, 15) is 5.26 Å². The Morgan fingerprint density at radius 1 is 1.38 bits per heavy atom. The third-order valence-electron chi connectivity index (χ3n) is 3.82. The van der Waals surface area contributed by atoms with Crippen molar-refractivity contribution in [2.45, 2.75) is 32.3 Å². The van der Waals surface area contributed by atoms with E-state index in [2.05, 4.69) is 23.3 Å². The van der Waals surface area contributed by atoms with E-state index in [0.29, 0.717) is 24.9 Å². The molecule has 3 rings (SSSR count). The van der Waals surface area contributed by atoms with E-state index in [4.69, 9.17) is 13.9 Å². The van der Waals surface area contributed by atoms with E-state index in [1.54, 1.807) is 0 Å². The predicted molar refractivity (Wildman–Crippen MR) is 89.9 cm³/mol. The van der Waals surface area contributed by atoms with Crippen LogP contribution in [0.1, 0.15) is 31.9 Å². The van der Waals surface area contributed by atoms with Crippen molar-refractivity contribution in [3.05, 3.63) is 30.0 Å². The molecule has 1 aliphatic heterocycles. The molecule has 1 aromatic heterocycles. The molecule has 2 aromatic rings. The summed E-state index contributed by atoms with van der Waals surface area (Å²) in [4.78, 5) is 4.26. The number of rotatable bonds is 7. The van der Waals surface area contributed by atoms with Crippen LogP contribution in [0.4, 0.5) is 5.88 Å². The van der Waals surface area contributed by atoms with Gasteiger partial charge < -0.3 is 19.2 Å². The quantitative estimate of drug-likeness (QED) is 0.837. The molecule has 126 valence electrons. The first-order valence-electron chi connectivity index (χ1n) is 8.29. The lowest BCUT2D eigenvalue weighted by atomic mass is 10.2. The summed E-state index contributed by atoms with van der Waals surface area (Å²) in [5.41, 5.74) is 1.06. The zero-order valence-electron chi connectivity index (χ0n) is 13.7. The van der Waals surface area contributed by atoms with Crippen LogP contribution in [0.25, 0.3) is 11.5 Å². The Labute approximate surface area is 141 Å². The fourth-order valence-electron chi connectivity index (χ4n) is 2.56. The second kappa shape index (κ2) is 7.84. The van der Waals surface area contributed by atoms with Crippen molar-refractivity contribution in [2.24, 2.45) is 0 Å². The van der Waals surface area contributed by atoms with Gasteiger partial charge in [-0.25, -0.2) is 0 Å². The number of nitrogens with one attached hydrogen (secondary N) is 1. The van der Waals surface area contributed by atoms with Gasteiger partial charge in [-0.3, -0.25) is 0 Å². The Hall–Kier alpha value is -2.52. The van der Waals surface area contributed by atoms with Crippen LogP contribution in [-0.2, 0) is 4.74 Å². The van der Waals surface area contributed by atoms with Crippen molar-refractivity contribution >= 4 is 5.88 Å². The maximum Gasteiger partial charge on any atom is 0.232 e. The summed E-state index contributed by atoms with van der Waals surface area (Å²) in [7, 11) is 0. The first kappa shape index (κ1) is 16.3. The molecule has 0 bridgehead atoms. The number of oxazole rings is 1. The fourth-order valence-corrected chi connectivity index (χ4v) is 2.56. The van der Waals surface area contributed by atoms with Crippen molar-refractivity contribution in [1.82, 2.24) is 4.98 Å². The van der Waals surface area contributed by atoms with E-state index in [1.165, 1.54) is 0 Å². The third-order valence-corrected chi connectivity index (χ3v) is 3.82. The SMILES string of the molecule is CCCOc1ccc(-c2nc(C#N)c(NC[C@H]3CCCO3)o2)cc1. The molecule has 1 atom stereocenters. The molecule has 0 aliphatic carbocycles. The van der Waals surface area contributed by atoms with E-state index in [-0.39, 0.29) is 11.8 Å². The highest BCUT2D eigenvalue weighted by Gasteiger charge is 2.19. The highest BCUT2D eigenvalue weighted by atomic mass is 16.5. The van der Waals surface area contributed by atoms with Crippen molar-refractivity contribution < 1.29 is 13.9 Å². The lowest BCUT2D eigenvalue weighted by Crippen LogP contribution is -2.18. The second-order valence-electron chi connectivity index (χ2n) is 5.70. The molecule has 6 nitrogen and oxygen atoms in total. The van der Waals surface area contributed by atoms with Crippen molar-refractivity contribution in [3.8, 4) is 23.3 Å². The molecule has 0 unspecified atom stereocenters. The Kier molecular flexibility index (Phi) is 5.34. The van der Waals surface area contributed by atoms with Crippen molar-refractivity contribution in [1.29, 1.82) is 5.26 Å². The fraction of sp³-hybridized carbons (Fsp3) is 0.444. The number of nitriles is 1. The molecule has 1 aromatic carbocycles. The van der Waals surface area contributed by atoms with Gasteiger partial charge in [0.1, 0.15) is 11.8 Å². The average molecular weight is 327 g/mol. The largest absolute Gasteiger partial charge is 0.494 e. The number of aromatic nitrogens is 1. The maximum absolute atomic E-state index is 9.25. The van der Waals surface area contributed by atoms with E-state index in [1.807, 2.05) is 24.3 Å². The summed E-state index contributed by atoms with van der Waals surface area (Å²) in [5.74, 6) is 1.63. The number of benzene rings is 1. The summed E-state index contributed by atoms with van der Waals surface area (Å²) in [6.45, 7) is 4.17. The molecule has 24 heavy (non-hydrogen) atoms. The molecular formula is C18H21N3O3. The summed E-state index contributed by atoms with van der Waals surface area (Å²) >= 11 is 0. The zero-order valence-corrected chi connectivity index (χ0v) is 13.7. The highest BCUT2D eigenvalue weighted by Crippen LogP contribution is 2.27. The summed E-state index contributed by atoms with van der Waals surface area (Å²) in [6.07, 6.45) is 3.23. The molecule has 2 heterocycles. The van der Waals surface area contributed by atoms with Crippen LogP contribution < -0.4 is 10.1 Å². The van der Waals surface area contributed by atoms with Gasteiger partial charge >= 0.3 is 0 Å². The van der Waals surface area contributed by atoms with Gasteiger partial charge in [0.15, 0.2) is 0 Å². The number of ether oxygens (including phenoxy) is 2. The Bertz CT molecular complexity index is 697. The number of hydrogen-bond donors (Lipinski definition) is 1. The van der Waals surface area contributed by atoms with E-state index in [0.717, 1.165) is 37.2 Å². The minimum atomic E-state index is 0.167. The van der Waals surface area contributed by atoms with Crippen molar-refractivity contribution in [3.63, 3.8) is 0 Å². The highest BCUT2D eigenvalue weighted by molar-refractivity contribution is 5.59. The molecule has 1 fully saturated rings. The predicted octanol–water partition coefficient (Wildman–Crippen LogP) is 3.59. The van der Waals surface area contributed by atoms with Gasteiger partial charge in [-0.2, -0.15) is 10.2 Å². The molecule has 0 spiro atoms. The normalized spacial score (nSPS) is 16.8. The topological polar surface area (TPSA) is 80.3 Å². The van der Waals surface area contributed by atoms with Crippen LogP contribution >= 0.6 is 0 Å². The maximum atomic E-state index is 9.25. The van der Waals surface area contributed by atoms with Gasteiger partial charge in [-0.1, -0.05) is 6.92 Å². The third kappa shape index (κ3) is 3.87. The monoisotopic (exact) mass is 327 g/mol. The molecular weight excluding hydrogens is 306 g/mol. The van der Waals surface area contributed by atoms with Crippen molar-refractivity contribution in [2.75, 3.05) is 25.1 Å². The lowest BCUT2D eigenvalue weighted by molar-refractivity contribution is 0.120. The standard InChI is InChI=1S/C18H21N3O3/c1-2-9-22-14-7-5-13(6-8-14)17-21-16(11-19)18(24-17)20-12-15-4-3-10-23-15/h5-8,15,20H,2-4,9-10,12H2,1H3/t15-/m1/s1. The van der Waals surface area contributed by atoms with Gasteiger partial charge in [-0.05, 0) is 43.5 Å². The molecule has 1 aliphatic rings. The van der Waals surface area contributed by atoms with E-state index < -0.39 is 0 Å². The smallest absolute Gasteiger partial charge is 0.232 e. The summed E-state index contributed by atoms with van der Waals surface area (Å²) in [6, 6.07) is 9.57. The molecule has 0 radical (unpaired) electrons. The van der Waals surface area contributed by atoms with Gasteiger partial charge in [0, 0.05) is 18.7 Å². The number of hydrogen-bond acceptors (Lipinski definition) is 6. The first-order chi connectivity index (χ1) is 11.8. The summed E-state index contributed by atoms with van der Waals surface area (Å²) < 4.78 is 16.9. The first-order valence-corrected chi connectivity index (χ1v) is 8.29. The Morgan fingerprint density at radius 3 is 2.88 bits per heavy atom. The summed E-state index contributed by atoms with van der Waals surface area (Å²) in [5, 5.41) is 12.4. The molecule has 1 N–H and O–H groups in total. The van der Waals surface area contributed by atoms with Crippen LogP contribution in [0.15, 0.2) is 28.7 Å². The van der Waals surface area contributed by atoms with Crippen LogP contribution in [0, 0.1) is 11.3 Å². The Morgan fingerprint density at radius 2 is 2.21 bits per heavy atom. The van der Waals surface area contributed by atoms with Crippen LogP contribution in [0.5, 0.6) is 5.75 Å². The van der Waals surface area contributed by atoms with Gasteiger partial charge in [0.2, 0.25) is 17.5 Å². The van der Waals surface area contributed by atoms with Crippen LogP contribution in [0.2, 0.25) is 0 Å². The van der Waals surface area contributed by atoms with Crippen LogP contribution in [0.3, 0.4) is 0 Å². The average Bonchev–Trinajstić information content (AvgIpc) is 3.28. The van der Waals surface area contributed by atoms with Gasteiger partial charge in [0.25, 0.3) is 0 Å². The molecule has 0 saturated carbocycles. The minimum Gasteiger partial charge on any atom is -0.494 e. The molecule has 0 amide bonds. The van der Waals surface area contributed by atoms with E-state index >= 15 is 0 Å². The molecule has 1 saturated heterocycles. The zero-order chi connectivity index (χ0) is 16.8. The minimum absolute atomic E-state index is 0.167. The van der Waals surface area contributed by atoms with Gasteiger partial charge in [0.05, 0.1) is 12.7 Å². The number of nitrogens with zero attached hydrogens (tertiary/aromatic N) is 2. The van der Waals surface area contributed by atoms with Crippen LogP contribution in [-0.4, -0.2) is 30.8 Å². The molecule has 6 heteroatoms. The Balaban J connectivity index is 1.70. The second-order valence-corrected chi connectivity index (χ2v) is 5.70. The van der Waals surface area contributed by atoms with Gasteiger partial charge in [-0.15, -0.1) is 0 Å². The number of anilines is 1. The lowest BCUT2D eigenvalue weighted by Gasteiger charge is -2.09.